The van der Waals surface area contributed by atoms with Crippen molar-refractivity contribution in [2.24, 2.45) is 0 Å². The van der Waals surface area contributed by atoms with E-state index in [0.29, 0.717) is 25.2 Å². The summed E-state index contributed by atoms with van der Waals surface area (Å²) in [6, 6.07) is 10.1. The largest absolute Gasteiger partial charge is 0.347 e. The van der Waals surface area contributed by atoms with E-state index in [1.54, 1.807) is 27.8 Å². The molecule has 0 saturated carbocycles. The number of carbonyl (C=O) groups is 1. The Kier molecular flexibility index (Phi) is 5.88. The second kappa shape index (κ2) is 8.12. The highest BCUT2D eigenvalue weighted by molar-refractivity contribution is 7.89. The third-order valence-electron chi connectivity index (χ3n) is 4.32. The first-order valence-corrected chi connectivity index (χ1v) is 10.8. The van der Waals surface area contributed by atoms with Crippen molar-refractivity contribution < 1.29 is 13.2 Å². The Balaban J connectivity index is 1.67. The summed E-state index contributed by atoms with van der Waals surface area (Å²) < 4.78 is 27.0. The van der Waals surface area contributed by atoms with Crippen molar-refractivity contribution in [1.82, 2.24) is 9.62 Å². The number of hydrogen-bond donors (Lipinski definition) is 1. The first kappa shape index (κ1) is 18.1. The number of amides is 1. The van der Waals surface area contributed by atoms with Crippen LogP contribution in [0.25, 0.3) is 0 Å². The third kappa shape index (κ3) is 4.48. The van der Waals surface area contributed by atoms with Crippen molar-refractivity contribution >= 4 is 27.3 Å². The fourth-order valence-corrected chi connectivity index (χ4v) is 5.05. The molecule has 0 spiro atoms. The molecule has 1 aromatic heterocycles. The van der Waals surface area contributed by atoms with Crippen LogP contribution in [0.4, 0.5) is 0 Å². The molecule has 1 aliphatic rings. The van der Waals surface area contributed by atoms with Crippen LogP contribution in [0, 0.1) is 0 Å². The maximum Gasteiger partial charge on any atom is 0.251 e. The van der Waals surface area contributed by atoms with Gasteiger partial charge in [-0.15, -0.1) is 11.3 Å². The molecule has 3 rings (SSSR count). The standard InChI is InChI=1S/C18H22N2O3S2/c21-18(19-14-16-6-5-13-24-16)15-7-9-17(10-8-15)25(22,23)20-11-3-1-2-4-12-20/h5-10,13H,1-4,11-12,14H2,(H,19,21). The molecule has 134 valence electrons. The van der Waals surface area contributed by atoms with Crippen LogP contribution in [0.2, 0.25) is 0 Å². The van der Waals surface area contributed by atoms with Gasteiger partial charge < -0.3 is 5.32 Å². The molecular weight excluding hydrogens is 356 g/mol. The maximum atomic E-state index is 12.7. The zero-order chi connectivity index (χ0) is 17.7. The van der Waals surface area contributed by atoms with E-state index in [2.05, 4.69) is 5.32 Å². The average molecular weight is 379 g/mol. The molecule has 1 aromatic carbocycles. The van der Waals surface area contributed by atoms with Crippen molar-refractivity contribution in [1.29, 1.82) is 0 Å². The molecule has 0 atom stereocenters. The van der Waals surface area contributed by atoms with Crippen molar-refractivity contribution in [3.05, 3.63) is 52.2 Å². The SMILES string of the molecule is O=C(NCc1cccs1)c1ccc(S(=O)(=O)N2CCCCCC2)cc1. The van der Waals surface area contributed by atoms with Gasteiger partial charge in [-0.25, -0.2) is 8.42 Å². The Morgan fingerprint density at radius 1 is 1.04 bits per heavy atom. The number of nitrogens with zero attached hydrogens (tertiary/aromatic N) is 1. The minimum Gasteiger partial charge on any atom is -0.347 e. The van der Waals surface area contributed by atoms with Crippen LogP contribution in [0.1, 0.15) is 40.9 Å². The van der Waals surface area contributed by atoms with Gasteiger partial charge in [-0.05, 0) is 48.6 Å². The highest BCUT2D eigenvalue weighted by Gasteiger charge is 2.25. The van der Waals surface area contributed by atoms with Gasteiger partial charge in [-0.1, -0.05) is 18.9 Å². The predicted molar refractivity (Wildman–Crippen MR) is 99.2 cm³/mol. The van der Waals surface area contributed by atoms with Crippen LogP contribution >= 0.6 is 11.3 Å². The van der Waals surface area contributed by atoms with Crippen molar-refractivity contribution in [2.75, 3.05) is 13.1 Å². The molecule has 1 N–H and O–H groups in total. The van der Waals surface area contributed by atoms with Gasteiger partial charge in [0.1, 0.15) is 0 Å². The minimum absolute atomic E-state index is 0.202. The molecule has 0 radical (unpaired) electrons. The van der Waals surface area contributed by atoms with Gasteiger partial charge in [0.05, 0.1) is 11.4 Å². The summed E-state index contributed by atoms with van der Waals surface area (Å²) in [7, 11) is -3.47. The molecule has 0 bridgehead atoms. The second-order valence-corrected chi connectivity index (χ2v) is 9.07. The summed E-state index contributed by atoms with van der Waals surface area (Å²) in [6.07, 6.45) is 3.97. The van der Waals surface area contributed by atoms with E-state index in [4.69, 9.17) is 0 Å². The number of sulfonamides is 1. The molecule has 2 heterocycles. The van der Waals surface area contributed by atoms with Gasteiger partial charge in [0.2, 0.25) is 10.0 Å². The highest BCUT2D eigenvalue weighted by Crippen LogP contribution is 2.20. The lowest BCUT2D eigenvalue weighted by Gasteiger charge is -2.20. The Hall–Kier alpha value is -1.70. The number of benzene rings is 1. The predicted octanol–water partition coefficient (Wildman–Crippen LogP) is 3.24. The number of carbonyl (C=O) groups excluding carboxylic acids is 1. The van der Waals surface area contributed by atoms with E-state index >= 15 is 0 Å². The van der Waals surface area contributed by atoms with E-state index < -0.39 is 10.0 Å². The molecule has 25 heavy (non-hydrogen) atoms. The lowest BCUT2D eigenvalue weighted by atomic mass is 10.2. The molecule has 1 aliphatic heterocycles. The Morgan fingerprint density at radius 3 is 2.32 bits per heavy atom. The van der Waals surface area contributed by atoms with E-state index in [-0.39, 0.29) is 10.8 Å². The van der Waals surface area contributed by atoms with Crippen LogP contribution in [-0.2, 0) is 16.6 Å². The number of rotatable bonds is 5. The summed E-state index contributed by atoms with van der Waals surface area (Å²) in [6.45, 7) is 1.63. The quantitative estimate of drug-likeness (QED) is 0.868. The van der Waals surface area contributed by atoms with E-state index in [1.165, 1.54) is 12.1 Å². The van der Waals surface area contributed by atoms with Crippen molar-refractivity contribution in [3.8, 4) is 0 Å². The van der Waals surface area contributed by atoms with E-state index in [9.17, 15) is 13.2 Å². The first-order valence-electron chi connectivity index (χ1n) is 8.48. The summed E-state index contributed by atoms with van der Waals surface area (Å²) in [5.41, 5.74) is 0.464. The van der Waals surface area contributed by atoms with Crippen molar-refractivity contribution in [3.63, 3.8) is 0 Å². The van der Waals surface area contributed by atoms with Gasteiger partial charge in [0, 0.05) is 23.5 Å². The van der Waals surface area contributed by atoms with Crippen molar-refractivity contribution in [2.45, 2.75) is 37.1 Å². The zero-order valence-electron chi connectivity index (χ0n) is 14.0. The van der Waals surface area contributed by atoms with Gasteiger partial charge in [-0.2, -0.15) is 4.31 Å². The van der Waals surface area contributed by atoms with E-state index in [0.717, 1.165) is 30.6 Å². The average Bonchev–Trinajstić information content (AvgIpc) is 2.99. The molecule has 0 unspecified atom stereocenters. The summed E-state index contributed by atoms with van der Waals surface area (Å²) >= 11 is 1.58. The molecule has 2 aromatic rings. The second-order valence-electron chi connectivity index (χ2n) is 6.10. The Labute approximate surface area is 152 Å². The Morgan fingerprint density at radius 2 is 1.72 bits per heavy atom. The topological polar surface area (TPSA) is 66.5 Å². The fraction of sp³-hybridized carbons (Fsp3) is 0.389. The molecule has 5 nitrogen and oxygen atoms in total. The van der Waals surface area contributed by atoms with Gasteiger partial charge >= 0.3 is 0 Å². The summed E-state index contributed by atoms with van der Waals surface area (Å²) in [5.74, 6) is -0.202. The molecule has 1 saturated heterocycles. The number of nitrogens with one attached hydrogen (secondary N) is 1. The molecule has 7 heteroatoms. The fourth-order valence-electron chi connectivity index (χ4n) is 2.89. The first-order chi connectivity index (χ1) is 12.1. The lowest BCUT2D eigenvalue weighted by molar-refractivity contribution is 0.0951. The highest BCUT2D eigenvalue weighted by atomic mass is 32.2. The van der Waals surface area contributed by atoms with Crippen LogP contribution in [0.5, 0.6) is 0 Å². The van der Waals surface area contributed by atoms with Crippen LogP contribution in [-0.4, -0.2) is 31.7 Å². The van der Waals surface area contributed by atoms with Crippen LogP contribution in [0.15, 0.2) is 46.7 Å². The minimum atomic E-state index is -3.47. The summed E-state index contributed by atoms with van der Waals surface area (Å²) in [5, 5.41) is 4.81. The normalized spacial score (nSPS) is 16.3. The zero-order valence-corrected chi connectivity index (χ0v) is 15.6. The number of thiophene rings is 1. The van der Waals surface area contributed by atoms with Gasteiger partial charge in [0.15, 0.2) is 0 Å². The maximum absolute atomic E-state index is 12.7. The third-order valence-corrected chi connectivity index (χ3v) is 7.11. The van der Waals surface area contributed by atoms with E-state index in [1.807, 2.05) is 17.5 Å². The van der Waals surface area contributed by atoms with Crippen LogP contribution in [0.3, 0.4) is 0 Å². The Bertz CT molecular complexity index is 791. The molecule has 1 fully saturated rings. The molecular formula is C18H22N2O3S2. The molecule has 0 aliphatic carbocycles. The monoisotopic (exact) mass is 378 g/mol. The summed E-state index contributed by atoms with van der Waals surface area (Å²) in [4.78, 5) is 13.5. The number of hydrogen-bond acceptors (Lipinski definition) is 4. The van der Waals surface area contributed by atoms with Gasteiger partial charge in [-0.3, -0.25) is 4.79 Å². The van der Waals surface area contributed by atoms with Crippen LogP contribution < -0.4 is 5.32 Å². The van der Waals surface area contributed by atoms with Gasteiger partial charge in [0.25, 0.3) is 5.91 Å². The molecule has 1 amide bonds. The smallest absolute Gasteiger partial charge is 0.251 e. The lowest BCUT2D eigenvalue weighted by Crippen LogP contribution is -2.32.